The van der Waals surface area contributed by atoms with E-state index in [0.29, 0.717) is 18.9 Å². The van der Waals surface area contributed by atoms with E-state index in [1.54, 1.807) is 0 Å². The van der Waals surface area contributed by atoms with Crippen LogP contribution in [0.2, 0.25) is 0 Å². The average Bonchev–Trinajstić information content (AvgIpc) is 2.43. The molecule has 0 saturated heterocycles. The maximum atomic E-state index is 11.9. The topological polar surface area (TPSA) is 75.3 Å². The van der Waals surface area contributed by atoms with Gasteiger partial charge in [0.05, 0.1) is 0 Å². The van der Waals surface area contributed by atoms with Crippen molar-refractivity contribution in [3.05, 3.63) is 35.9 Å². The predicted octanol–water partition coefficient (Wildman–Crippen LogP) is 1.21. The van der Waals surface area contributed by atoms with Crippen LogP contribution in [0.1, 0.15) is 31.4 Å². The molecular formula is C14H22N2O2. The van der Waals surface area contributed by atoms with Gasteiger partial charge in [-0.2, -0.15) is 0 Å². The second kappa shape index (κ2) is 7.84. The molecule has 0 saturated carbocycles. The van der Waals surface area contributed by atoms with Gasteiger partial charge in [-0.25, -0.2) is 0 Å². The molecule has 0 aromatic heterocycles. The first kappa shape index (κ1) is 14.7. The number of hydrogen-bond acceptors (Lipinski definition) is 3. The van der Waals surface area contributed by atoms with E-state index in [2.05, 4.69) is 5.32 Å². The number of rotatable bonds is 7. The first-order valence-corrected chi connectivity index (χ1v) is 6.38. The fraction of sp³-hybridized carbons (Fsp3) is 0.500. The van der Waals surface area contributed by atoms with Crippen LogP contribution in [0.3, 0.4) is 0 Å². The summed E-state index contributed by atoms with van der Waals surface area (Å²) in [4.78, 5) is 11.9. The quantitative estimate of drug-likeness (QED) is 0.681. The number of amides is 1. The highest BCUT2D eigenvalue weighted by molar-refractivity contribution is 5.82. The summed E-state index contributed by atoms with van der Waals surface area (Å²) in [5.41, 5.74) is 6.69. The lowest BCUT2D eigenvalue weighted by Gasteiger charge is -2.17. The van der Waals surface area contributed by atoms with Gasteiger partial charge in [-0.05, 0) is 17.9 Å². The Morgan fingerprint density at radius 2 is 2.06 bits per heavy atom. The van der Waals surface area contributed by atoms with Gasteiger partial charge in [-0.3, -0.25) is 4.79 Å². The Kier molecular flexibility index (Phi) is 6.39. The normalized spacial score (nSPS) is 13.9. The van der Waals surface area contributed by atoms with Crippen molar-refractivity contribution in [2.24, 2.45) is 11.7 Å². The molecule has 1 rings (SSSR count). The van der Waals surface area contributed by atoms with Gasteiger partial charge in [0, 0.05) is 13.2 Å². The highest BCUT2D eigenvalue weighted by Gasteiger charge is 2.16. The Hall–Kier alpha value is -1.39. The van der Waals surface area contributed by atoms with Crippen molar-refractivity contribution in [2.45, 2.75) is 25.8 Å². The Morgan fingerprint density at radius 1 is 1.39 bits per heavy atom. The van der Waals surface area contributed by atoms with E-state index in [4.69, 9.17) is 10.8 Å². The Morgan fingerprint density at radius 3 is 2.61 bits per heavy atom. The maximum Gasteiger partial charge on any atom is 0.241 e. The molecule has 0 radical (unpaired) electrons. The number of nitrogens with two attached hydrogens (primary N) is 1. The number of benzene rings is 1. The van der Waals surface area contributed by atoms with Gasteiger partial charge in [0.2, 0.25) is 5.91 Å². The van der Waals surface area contributed by atoms with Crippen LogP contribution in [-0.2, 0) is 4.79 Å². The fourth-order valence-electron chi connectivity index (χ4n) is 1.80. The third kappa shape index (κ3) is 4.47. The van der Waals surface area contributed by atoms with Crippen molar-refractivity contribution in [3.63, 3.8) is 0 Å². The summed E-state index contributed by atoms with van der Waals surface area (Å²) in [7, 11) is 0. The van der Waals surface area contributed by atoms with Crippen molar-refractivity contribution >= 4 is 5.91 Å². The van der Waals surface area contributed by atoms with E-state index in [0.717, 1.165) is 12.0 Å². The second-order valence-electron chi connectivity index (χ2n) is 4.42. The number of carbonyl (C=O) groups excluding carboxylic acids is 1. The molecule has 1 aromatic rings. The van der Waals surface area contributed by atoms with Crippen LogP contribution < -0.4 is 11.1 Å². The standard InChI is InChI=1S/C14H22N2O2/c1-2-11(8-9-17)10-16-14(18)13(15)12-6-4-3-5-7-12/h3-7,11,13,17H,2,8-10,15H2,1H3,(H,16,18)/t11?,13-/m0/s1. The van der Waals surface area contributed by atoms with Gasteiger partial charge in [0.25, 0.3) is 0 Å². The van der Waals surface area contributed by atoms with Gasteiger partial charge in [-0.1, -0.05) is 43.7 Å². The van der Waals surface area contributed by atoms with Gasteiger partial charge < -0.3 is 16.2 Å². The third-order valence-corrected chi connectivity index (χ3v) is 3.12. The summed E-state index contributed by atoms with van der Waals surface area (Å²) in [5.74, 6) is 0.138. The Balaban J connectivity index is 2.45. The van der Waals surface area contributed by atoms with Crippen molar-refractivity contribution in [2.75, 3.05) is 13.2 Å². The summed E-state index contributed by atoms with van der Waals surface area (Å²) in [6.07, 6.45) is 1.64. The smallest absolute Gasteiger partial charge is 0.241 e. The maximum absolute atomic E-state index is 11.9. The molecule has 18 heavy (non-hydrogen) atoms. The summed E-state index contributed by atoms with van der Waals surface area (Å²) >= 11 is 0. The number of hydrogen-bond donors (Lipinski definition) is 3. The van der Waals surface area contributed by atoms with E-state index in [9.17, 15) is 4.79 Å². The summed E-state index contributed by atoms with van der Waals surface area (Å²) < 4.78 is 0. The minimum absolute atomic E-state index is 0.152. The Labute approximate surface area is 108 Å². The molecule has 4 nitrogen and oxygen atoms in total. The summed E-state index contributed by atoms with van der Waals surface area (Å²) in [5, 5.41) is 11.7. The average molecular weight is 250 g/mol. The molecule has 0 aliphatic rings. The van der Waals surface area contributed by atoms with Crippen LogP contribution in [0.5, 0.6) is 0 Å². The molecule has 1 amide bonds. The number of carbonyl (C=O) groups is 1. The number of aliphatic hydroxyl groups excluding tert-OH is 1. The minimum atomic E-state index is -0.627. The van der Waals surface area contributed by atoms with E-state index < -0.39 is 6.04 Å². The van der Waals surface area contributed by atoms with Crippen LogP contribution >= 0.6 is 0 Å². The van der Waals surface area contributed by atoms with Crippen molar-refractivity contribution in [3.8, 4) is 0 Å². The molecule has 0 fully saturated rings. The molecule has 0 heterocycles. The summed E-state index contributed by atoms with van der Waals surface area (Å²) in [6.45, 7) is 2.76. The number of nitrogens with one attached hydrogen (secondary N) is 1. The van der Waals surface area contributed by atoms with Gasteiger partial charge in [0.1, 0.15) is 6.04 Å². The molecule has 100 valence electrons. The molecule has 4 N–H and O–H groups in total. The van der Waals surface area contributed by atoms with Crippen LogP contribution in [0.4, 0.5) is 0 Å². The fourth-order valence-corrected chi connectivity index (χ4v) is 1.80. The SMILES string of the molecule is CCC(CCO)CNC(=O)[C@@H](N)c1ccccc1. The molecule has 1 unspecified atom stereocenters. The zero-order chi connectivity index (χ0) is 13.4. The zero-order valence-electron chi connectivity index (χ0n) is 10.8. The van der Waals surface area contributed by atoms with Gasteiger partial charge >= 0.3 is 0 Å². The third-order valence-electron chi connectivity index (χ3n) is 3.12. The first-order chi connectivity index (χ1) is 8.69. The van der Waals surface area contributed by atoms with E-state index >= 15 is 0 Å². The Bertz CT molecular complexity index is 354. The predicted molar refractivity (Wildman–Crippen MR) is 71.9 cm³/mol. The lowest BCUT2D eigenvalue weighted by Crippen LogP contribution is -2.37. The molecule has 1 aromatic carbocycles. The molecule has 2 atom stereocenters. The van der Waals surface area contributed by atoms with Crippen LogP contribution in [0.25, 0.3) is 0 Å². The lowest BCUT2D eigenvalue weighted by molar-refractivity contribution is -0.122. The lowest BCUT2D eigenvalue weighted by atomic mass is 10.0. The second-order valence-corrected chi connectivity index (χ2v) is 4.42. The monoisotopic (exact) mass is 250 g/mol. The van der Waals surface area contributed by atoms with Gasteiger partial charge in [-0.15, -0.1) is 0 Å². The van der Waals surface area contributed by atoms with Gasteiger partial charge in [0.15, 0.2) is 0 Å². The zero-order valence-corrected chi connectivity index (χ0v) is 10.8. The van der Waals surface area contributed by atoms with E-state index in [1.807, 2.05) is 37.3 Å². The van der Waals surface area contributed by atoms with Crippen molar-refractivity contribution in [1.82, 2.24) is 5.32 Å². The molecule has 0 aliphatic carbocycles. The molecule has 0 aliphatic heterocycles. The van der Waals surface area contributed by atoms with E-state index in [-0.39, 0.29) is 12.5 Å². The molecule has 0 spiro atoms. The molecule has 0 bridgehead atoms. The van der Waals surface area contributed by atoms with Crippen LogP contribution in [0, 0.1) is 5.92 Å². The summed E-state index contributed by atoms with van der Waals surface area (Å²) in [6, 6.07) is 8.68. The number of aliphatic hydroxyl groups is 1. The molecule has 4 heteroatoms. The highest BCUT2D eigenvalue weighted by atomic mass is 16.3. The highest BCUT2D eigenvalue weighted by Crippen LogP contribution is 2.10. The van der Waals surface area contributed by atoms with Crippen molar-refractivity contribution in [1.29, 1.82) is 0 Å². The van der Waals surface area contributed by atoms with Crippen molar-refractivity contribution < 1.29 is 9.90 Å². The first-order valence-electron chi connectivity index (χ1n) is 6.38. The van der Waals surface area contributed by atoms with Crippen LogP contribution in [0.15, 0.2) is 30.3 Å². The largest absolute Gasteiger partial charge is 0.396 e. The minimum Gasteiger partial charge on any atom is -0.396 e. The molecular weight excluding hydrogens is 228 g/mol. The van der Waals surface area contributed by atoms with E-state index in [1.165, 1.54) is 0 Å². The van der Waals surface area contributed by atoms with Crippen LogP contribution in [-0.4, -0.2) is 24.2 Å².